The summed E-state index contributed by atoms with van der Waals surface area (Å²) in [6, 6.07) is 0. The van der Waals surface area contributed by atoms with Gasteiger partial charge in [0.15, 0.2) is 5.82 Å². The fraction of sp³-hybridized carbons (Fsp3) is 0.364. The van der Waals surface area contributed by atoms with E-state index in [4.69, 9.17) is 5.73 Å². The molecule has 2 aromatic heterocycles. The Labute approximate surface area is 97.6 Å². The second kappa shape index (κ2) is 3.52. The third-order valence-corrected chi connectivity index (χ3v) is 3.57. The summed E-state index contributed by atoms with van der Waals surface area (Å²) in [4.78, 5) is 12.9. The van der Waals surface area contributed by atoms with Crippen LogP contribution < -0.4 is 5.73 Å². The molecule has 1 aliphatic rings. The highest BCUT2D eigenvalue weighted by Gasteiger charge is 2.27. The topological polar surface area (TPSA) is 64.7 Å². The van der Waals surface area contributed by atoms with Gasteiger partial charge in [0.1, 0.15) is 5.82 Å². The van der Waals surface area contributed by atoms with E-state index in [1.807, 2.05) is 0 Å². The molecule has 0 bridgehead atoms. The number of thiophene rings is 1. The van der Waals surface area contributed by atoms with Gasteiger partial charge in [0.25, 0.3) is 0 Å². The molecule has 0 aromatic carbocycles. The Balaban J connectivity index is 2.10. The van der Waals surface area contributed by atoms with E-state index in [0.29, 0.717) is 17.7 Å². The molecule has 0 amide bonds. The van der Waals surface area contributed by atoms with Crippen LogP contribution in [0.25, 0.3) is 11.4 Å². The van der Waals surface area contributed by atoms with Crippen molar-refractivity contribution >= 4 is 17.3 Å². The number of nitrogens with zero attached hydrogens (tertiary/aromatic N) is 3. The Bertz CT molecular complexity index is 531. The molecule has 1 aliphatic carbocycles. The molecule has 2 N–H and O–H groups in total. The number of anilines is 1. The average Bonchev–Trinajstić information content (AvgIpc) is 3.01. The molecule has 0 unspecified atom stereocenters. The molecule has 5 heteroatoms. The van der Waals surface area contributed by atoms with Gasteiger partial charge in [0.2, 0.25) is 5.95 Å². The molecule has 16 heavy (non-hydrogen) atoms. The molecule has 4 nitrogen and oxygen atoms in total. The van der Waals surface area contributed by atoms with Gasteiger partial charge in [0.05, 0.1) is 0 Å². The quantitative estimate of drug-likeness (QED) is 0.863. The van der Waals surface area contributed by atoms with Gasteiger partial charge >= 0.3 is 0 Å². The highest BCUT2D eigenvalue weighted by molar-refractivity contribution is 7.08. The first-order chi connectivity index (χ1) is 7.74. The lowest BCUT2D eigenvalue weighted by molar-refractivity contribution is 0.902. The van der Waals surface area contributed by atoms with E-state index in [-0.39, 0.29) is 0 Å². The fourth-order valence-corrected chi connectivity index (χ4v) is 2.47. The molecule has 0 radical (unpaired) electrons. The van der Waals surface area contributed by atoms with Crippen molar-refractivity contribution in [2.45, 2.75) is 25.7 Å². The predicted octanol–water partition coefficient (Wildman–Crippen LogP) is 2.37. The number of hydrogen-bond acceptors (Lipinski definition) is 5. The molecule has 2 heterocycles. The molecule has 0 spiro atoms. The highest BCUT2D eigenvalue weighted by atomic mass is 32.1. The van der Waals surface area contributed by atoms with Crippen molar-refractivity contribution in [3.8, 4) is 11.4 Å². The molecule has 3 rings (SSSR count). The van der Waals surface area contributed by atoms with E-state index in [0.717, 1.165) is 11.4 Å². The summed E-state index contributed by atoms with van der Waals surface area (Å²) in [6.07, 6.45) is 2.34. The number of hydrogen-bond donors (Lipinski definition) is 1. The van der Waals surface area contributed by atoms with Crippen LogP contribution in [0.1, 0.15) is 30.1 Å². The van der Waals surface area contributed by atoms with Crippen LogP contribution in [0.4, 0.5) is 5.95 Å². The third kappa shape index (κ3) is 1.67. The maximum atomic E-state index is 5.72. The second-order valence-electron chi connectivity index (χ2n) is 4.12. The van der Waals surface area contributed by atoms with Gasteiger partial charge in [-0.05, 0) is 30.7 Å². The lowest BCUT2D eigenvalue weighted by Crippen LogP contribution is -2.04. The number of rotatable bonds is 2. The molecule has 0 atom stereocenters. The van der Waals surface area contributed by atoms with Gasteiger partial charge in [-0.2, -0.15) is 21.3 Å². The first kappa shape index (κ1) is 9.72. The molecule has 0 saturated heterocycles. The smallest absolute Gasteiger partial charge is 0.223 e. The molecule has 1 saturated carbocycles. The van der Waals surface area contributed by atoms with Crippen LogP contribution >= 0.6 is 11.3 Å². The highest BCUT2D eigenvalue weighted by Crippen LogP contribution is 2.38. The maximum absolute atomic E-state index is 5.72. The Morgan fingerprint density at radius 1 is 1.25 bits per heavy atom. The van der Waals surface area contributed by atoms with E-state index in [1.54, 1.807) is 11.3 Å². The minimum atomic E-state index is 0.331. The zero-order valence-corrected chi connectivity index (χ0v) is 9.79. The largest absolute Gasteiger partial charge is 0.368 e. The van der Waals surface area contributed by atoms with E-state index in [9.17, 15) is 0 Å². The Kier molecular flexibility index (Phi) is 2.14. The van der Waals surface area contributed by atoms with E-state index >= 15 is 0 Å². The van der Waals surface area contributed by atoms with Crippen LogP contribution in [-0.2, 0) is 0 Å². The van der Waals surface area contributed by atoms with E-state index in [1.165, 1.54) is 18.4 Å². The second-order valence-corrected chi connectivity index (χ2v) is 4.86. The molecule has 82 valence electrons. The van der Waals surface area contributed by atoms with Gasteiger partial charge in [-0.3, -0.25) is 0 Å². The number of nitrogens with two attached hydrogens (primary N) is 1. The summed E-state index contributed by atoms with van der Waals surface area (Å²) in [5.41, 5.74) is 7.98. The number of nitrogen functional groups attached to an aromatic ring is 1. The van der Waals surface area contributed by atoms with Crippen molar-refractivity contribution in [2.75, 3.05) is 5.73 Å². The van der Waals surface area contributed by atoms with Gasteiger partial charge < -0.3 is 5.73 Å². The standard InChI is InChI=1S/C11H12N4S/c1-6-4-16-5-8(6)10-13-9(7-2-3-7)14-11(12)15-10/h4-5,7H,2-3H2,1H3,(H2,12,13,14,15). The molecule has 0 aliphatic heterocycles. The van der Waals surface area contributed by atoms with Crippen molar-refractivity contribution in [3.05, 3.63) is 22.1 Å². The summed E-state index contributed by atoms with van der Waals surface area (Å²) < 4.78 is 0. The summed E-state index contributed by atoms with van der Waals surface area (Å²) in [7, 11) is 0. The van der Waals surface area contributed by atoms with Crippen molar-refractivity contribution in [2.24, 2.45) is 0 Å². The fourth-order valence-electron chi connectivity index (χ4n) is 1.64. The summed E-state index contributed by atoms with van der Waals surface area (Å²) in [5.74, 6) is 2.40. The number of aryl methyl sites for hydroxylation is 1. The zero-order valence-electron chi connectivity index (χ0n) is 8.97. The van der Waals surface area contributed by atoms with Crippen LogP contribution in [0.5, 0.6) is 0 Å². The zero-order chi connectivity index (χ0) is 11.1. The average molecular weight is 232 g/mol. The third-order valence-electron chi connectivity index (χ3n) is 2.71. The van der Waals surface area contributed by atoms with E-state index in [2.05, 4.69) is 32.6 Å². The van der Waals surface area contributed by atoms with Gasteiger partial charge in [-0.25, -0.2) is 4.98 Å². The molecular weight excluding hydrogens is 220 g/mol. The molecule has 2 aromatic rings. The van der Waals surface area contributed by atoms with Crippen LogP contribution in [0.15, 0.2) is 10.8 Å². The van der Waals surface area contributed by atoms with E-state index < -0.39 is 0 Å². The monoisotopic (exact) mass is 232 g/mol. The SMILES string of the molecule is Cc1cscc1-c1nc(N)nc(C2CC2)n1. The van der Waals surface area contributed by atoms with Gasteiger partial charge in [-0.1, -0.05) is 0 Å². The summed E-state index contributed by atoms with van der Waals surface area (Å²) in [5, 5.41) is 4.15. The normalized spacial score (nSPS) is 15.3. The van der Waals surface area contributed by atoms with Gasteiger partial charge in [0, 0.05) is 16.9 Å². The Hall–Kier alpha value is -1.49. The first-order valence-electron chi connectivity index (χ1n) is 5.28. The maximum Gasteiger partial charge on any atom is 0.223 e. The van der Waals surface area contributed by atoms with Crippen LogP contribution in [0.2, 0.25) is 0 Å². The van der Waals surface area contributed by atoms with Crippen LogP contribution in [0.3, 0.4) is 0 Å². The molecule has 1 fully saturated rings. The Morgan fingerprint density at radius 2 is 2.06 bits per heavy atom. The van der Waals surface area contributed by atoms with Crippen LogP contribution in [-0.4, -0.2) is 15.0 Å². The molecular formula is C11H12N4S. The minimum Gasteiger partial charge on any atom is -0.368 e. The van der Waals surface area contributed by atoms with Crippen LogP contribution in [0, 0.1) is 6.92 Å². The predicted molar refractivity (Wildman–Crippen MR) is 64.3 cm³/mol. The number of aromatic nitrogens is 3. The van der Waals surface area contributed by atoms with Crippen molar-refractivity contribution < 1.29 is 0 Å². The first-order valence-corrected chi connectivity index (χ1v) is 6.23. The van der Waals surface area contributed by atoms with Crippen molar-refractivity contribution in [1.29, 1.82) is 0 Å². The van der Waals surface area contributed by atoms with Crippen molar-refractivity contribution in [1.82, 2.24) is 15.0 Å². The lowest BCUT2D eigenvalue weighted by atomic mass is 10.2. The van der Waals surface area contributed by atoms with Crippen molar-refractivity contribution in [3.63, 3.8) is 0 Å². The Morgan fingerprint density at radius 3 is 2.69 bits per heavy atom. The summed E-state index contributed by atoms with van der Waals surface area (Å²) >= 11 is 1.66. The minimum absolute atomic E-state index is 0.331. The lowest BCUT2D eigenvalue weighted by Gasteiger charge is -2.03. The van der Waals surface area contributed by atoms with Gasteiger partial charge in [-0.15, -0.1) is 0 Å². The summed E-state index contributed by atoms with van der Waals surface area (Å²) in [6.45, 7) is 2.06.